The summed E-state index contributed by atoms with van der Waals surface area (Å²) in [5.41, 5.74) is 3.72. The highest BCUT2D eigenvalue weighted by Crippen LogP contribution is 2.25. The summed E-state index contributed by atoms with van der Waals surface area (Å²) in [4.78, 5) is 3.34. The van der Waals surface area contributed by atoms with E-state index < -0.39 is 0 Å². The molecule has 1 heterocycles. The van der Waals surface area contributed by atoms with Crippen molar-refractivity contribution in [2.45, 2.75) is 20.8 Å². The van der Waals surface area contributed by atoms with Gasteiger partial charge in [0.15, 0.2) is 0 Å². The molecule has 14 heavy (non-hydrogen) atoms. The van der Waals surface area contributed by atoms with Gasteiger partial charge in [0.05, 0.1) is 6.61 Å². The van der Waals surface area contributed by atoms with E-state index in [1.165, 1.54) is 22.2 Å². The fourth-order valence-corrected chi connectivity index (χ4v) is 1.70. The van der Waals surface area contributed by atoms with Gasteiger partial charge in [0.25, 0.3) is 0 Å². The van der Waals surface area contributed by atoms with E-state index in [0.29, 0.717) is 6.61 Å². The standard InChI is InChI=1S/C12H15NO/c1-4-14-10-5-6-12-11(7-10)8(2)9(3)13-12/h5-7,13H,4H2,1-3H3. The van der Waals surface area contributed by atoms with Crippen LogP contribution in [-0.2, 0) is 0 Å². The number of fused-ring (bicyclic) bond motifs is 1. The SMILES string of the molecule is CCOc1ccc2[nH]c(C)c(C)c2c1. The number of benzene rings is 1. The number of nitrogens with one attached hydrogen (secondary N) is 1. The Labute approximate surface area is 83.9 Å². The minimum Gasteiger partial charge on any atom is -0.494 e. The highest BCUT2D eigenvalue weighted by molar-refractivity contribution is 5.85. The Kier molecular flexibility index (Phi) is 2.20. The van der Waals surface area contributed by atoms with Crippen molar-refractivity contribution < 1.29 is 4.74 Å². The molecule has 0 saturated heterocycles. The molecular weight excluding hydrogens is 174 g/mol. The highest BCUT2D eigenvalue weighted by atomic mass is 16.5. The summed E-state index contributed by atoms with van der Waals surface area (Å²) in [5, 5.41) is 1.26. The molecule has 0 aliphatic carbocycles. The molecular formula is C12H15NO. The van der Waals surface area contributed by atoms with Crippen molar-refractivity contribution in [2.24, 2.45) is 0 Å². The van der Waals surface area contributed by atoms with Gasteiger partial charge in [-0.1, -0.05) is 0 Å². The monoisotopic (exact) mass is 189 g/mol. The van der Waals surface area contributed by atoms with Crippen LogP contribution in [0.15, 0.2) is 18.2 Å². The van der Waals surface area contributed by atoms with Crippen LogP contribution in [0.1, 0.15) is 18.2 Å². The quantitative estimate of drug-likeness (QED) is 0.771. The van der Waals surface area contributed by atoms with E-state index in [9.17, 15) is 0 Å². The maximum Gasteiger partial charge on any atom is 0.120 e. The maximum absolute atomic E-state index is 5.46. The van der Waals surface area contributed by atoms with E-state index in [1.807, 2.05) is 13.0 Å². The number of ether oxygens (including phenoxy) is 1. The van der Waals surface area contributed by atoms with E-state index >= 15 is 0 Å². The van der Waals surface area contributed by atoms with Crippen molar-refractivity contribution in [3.8, 4) is 5.75 Å². The van der Waals surface area contributed by atoms with Crippen molar-refractivity contribution in [2.75, 3.05) is 6.61 Å². The van der Waals surface area contributed by atoms with Crippen LogP contribution in [-0.4, -0.2) is 11.6 Å². The normalized spacial score (nSPS) is 10.8. The summed E-state index contributed by atoms with van der Waals surface area (Å²) in [7, 11) is 0. The topological polar surface area (TPSA) is 25.0 Å². The number of H-pyrrole nitrogens is 1. The van der Waals surface area contributed by atoms with Crippen molar-refractivity contribution in [3.05, 3.63) is 29.5 Å². The second kappa shape index (κ2) is 3.37. The Hall–Kier alpha value is -1.44. The van der Waals surface area contributed by atoms with Crippen molar-refractivity contribution >= 4 is 10.9 Å². The molecule has 2 nitrogen and oxygen atoms in total. The Morgan fingerprint density at radius 2 is 2.07 bits per heavy atom. The smallest absolute Gasteiger partial charge is 0.120 e. The fraction of sp³-hybridized carbons (Fsp3) is 0.333. The van der Waals surface area contributed by atoms with Crippen molar-refractivity contribution in [1.82, 2.24) is 4.98 Å². The molecule has 2 rings (SSSR count). The Morgan fingerprint density at radius 3 is 2.79 bits per heavy atom. The van der Waals surface area contributed by atoms with Gasteiger partial charge in [-0.2, -0.15) is 0 Å². The molecule has 1 aromatic carbocycles. The van der Waals surface area contributed by atoms with Crippen LogP contribution < -0.4 is 4.74 Å². The van der Waals surface area contributed by atoms with Crippen molar-refractivity contribution in [3.63, 3.8) is 0 Å². The van der Waals surface area contributed by atoms with Crippen LogP contribution in [0.25, 0.3) is 10.9 Å². The third-order valence-corrected chi connectivity index (χ3v) is 2.59. The lowest BCUT2D eigenvalue weighted by molar-refractivity contribution is 0.340. The lowest BCUT2D eigenvalue weighted by atomic mass is 10.1. The minimum absolute atomic E-state index is 0.716. The van der Waals surface area contributed by atoms with Crippen molar-refractivity contribution in [1.29, 1.82) is 0 Å². The molecule has 0 aliphatic rings. The molecule has 0 radical (unpaired) electrons. The molecule has 0 saturated carbocycles. The lowest BCUT2D eigenvalue weighted by Crippen LogP contribution is -1.90. The zero-order valence-electron chi connectivity index (χ0n) is 8.85. The van der Waals surface area contributed by atoms with Gasteiger partial charge in [-0.05, 0) is 44.5 Å². The average Bonchev–Trinajstić information content (AvgIpc) is 2.45. The summed E-state index contributed by atoms with van der Waals surface area (Å²) in [6.07, 6.45) is 0. The van der Waals surface area contributed by atoms with Gasteiger partial charge in [0, 0.05) is 16.6 Å². The number of rotatable bonds is 2. The van der Waals surface area contributed by atoms with Crippen LogP contribution in [0, 0.1) is 13.8 Å². The zero-order valence-corrected chi connectivity index (χ0v) is 8.85. The zero-order chi connectivity index (χ0) is 10.1. The molecule has 2 heteroatoms. The minimum atomic E-state index is 0.716. The van der Waals surface area contributed by atoms with Crippen LogP contribution >= 0.6 is 0 Å². The Balaban J connectivity index is 2.58. The van der Waals surface area contributed by atoms with Gasteiger partial charge >= 0.3 is 0 Å². The molecule has 74 valence electrons. The summed E-state index contributed by atoms with van der Waals surface area (Å²) in [6.45, 7) is 6.94. The third kappa shape index (κ3) is 1.37. The average molecular weight is 189 g/mol. The number of hydrogen-bond donors (Lipinski definition) is 1. The molecule has 0 bridgehead atoms. The molecule has 0 fully saturated rings. The third-order valence-electron chi connectivity index (χ3n) is 2.59. The molecule has 0 spiro atoms. The van der Waals surface area contributed by atoms with Crippen LogP contribution in [0.3, 0.4) is 0 Å². The predicted octanol–water partition coefficient (Wildman–Crippen LogP) is 3.18. The van der Waals surface area contributed by atoms with Gasteiger partial charge in [-0.3, -0.25) is 0 Å². The first-order valence-electron chi connectivity index (χ1n) is 4.94. The molecule has 0 unspecified atom stereocenters. The lowest BCUT2D eigenvalue weighted by Gasteiger charge is -2.02. The molecule has 0 atom stereocenters. The summed E-state index contributed by atoms with van der Waals surface area (Å²) in [6, 6.07) is 6.17. The van der Waals surface area contributed by atoms with E-state index in [1.54, 1.807) is 0 Å². The van der Waals surface area contributed by atoms with Gasteiger partial charge in [0.1, 0.15) is 5.75 Å². The van der Waals surface area contributed by atoms with Gasteiger partial charge in [-0.15, -0.1) is 0 Å². The number of aromatic amines is 1. The number of aromatic nitrogens is 1. The second-order valence-corrected chi connectivity index (χ2v) is 3.52. The first kappa shape index (κ1) is 9.13. The van der Waals surface area contributed by atoms with Crippen LogP contribution in [0.2, 0.25) is 0 Å². The fourth-order valence-electron chi connectivity index (χ4n) is 1.70. The summed E-state index contributed by atoms with van der Waals surface area (Å²) in [5.74, 6) is 0.946. The molecule has 1 N–H and O–H groups in total. The summed E-state index contributed by atoms with van der Waals surface area (Å²) < 4.78 is 5.46. The molecule has 1 aromatic heterocycles. The van der Waals surface area contributed by atoms with E-state index in [2.05, 4.69) is 31.0 Å². The first-order chi connectivity index (χ1) is 6.72. The molecule has 0 amide bonds. The number of hydrogen-bond acceptors (Lipinski definition) is 1. The summed E-state index contributed by atoms with van der Waals surface area (Å²) >= 11 is 0. The number of aryl methyl sites for hydroxylation is 2. The Morgan fingerprint density at radius 1 is 1.29 bits per heavy atom. The van der Waals surface area contributed by atoms with Crippen LogP contribution in [0.4, 0.5) is 0 Å². The van der Waals surface area contributed by atoms with E-state index in [4.69, 9.17) is 4.74 Å². The van der Waals surface area contributed by atoms with Gasteiger partial charge in [0.2, 0.25) is 0 Å². The van der Waals surface area contributed by atoms with Gasteiger partial charge in [-0.25, -0.2) is 0 Å². The molecule has 2 aromatic rings. The van der Waals surface area contributed by atoms with E-state index in [0.717, 1.165) is 5.75 Å². The van der Waals surface area contributed by atoms with Crippen LogP contribution in [0.5, 0.6) is 5.75 Å². The van der Waals surface area contributed by atoms with E-state index in [-0.39, 0.29) is 0 Å². The largest absolute Gasteiger partial charge is 0.494 e. The molecule has 0 aliphatic heterocycles. The predicted molar refractivity (Wildman–Crippen MR) is 58.9 cm³/mol. The Bertz CT molecular complexity index is 457. The second-order valence-electron chi connectivity index (χ2n) is 3.52. The highest BCUT2D eigenvalue weighted by Gasteiger charge is 2.04. The van der Waals surface area contributed by atoms with Gasteiger partial charge < -0.3 is 9.72 Å². The maximum atomic E-state index is 5.46. The first-order valence-corrected chi connectivity index (χ1v) is 4.94.